The lowest BCUT2D eigenvalue weighted by Crippen LogP contribution is -2.23. The van der Waals surface area contributed by atoms with Crippen molar-refractivity contribution in [1.82, 2.24) is 0 Å². The molecule has 0 bridgehead atoms. The van der Waals surface area contributed by atoms with E-state index < -0.39 is 13.5 Å². The summed E-state index contributed by atoms with van der Waals surface area (Å²) < 4.78 is 11.8. The molecule has 2 atom stereocenters. The zero-order valence-electron chi connectivity index (χ0n) is 9.34. The minimum Gasteiger partial charge on any atom is -0.391 e. The van der Waals surface area contributed by atoms with E-state index in [4.69, 9.17) is 5.73 Å². The molecule has 1 aromatic carbocycles. The molecule has 0 saturated heterocycles. The summed E-state index contributed by atoms with van der Waals surface area (Å²) in [7, 11) is -3.33. The lowest BCUT2D eigenvalue weighted by atomic mass is 10.2. The molecule has 0 fully saturated rings. The molecule has 4 N–H and O–H groups in total. The van der Waals surface area contributed by atoms with Crippen LogP contribution in [0.1, 0.15) is 11.1 Å². The van der Waals surface area contributed by atoms with Crippen molar-refractivity contribution in [3.05, 3.63) is 35.4 Å². The van der Waals surface area contributed by atoms with E-state index in [9.17, 15) is 14.6 Å². The molecule has 0 heterocycles. The molecule has 4 nitrogen and oxygen atoms in total. The first-order chi connectivity index (χ1) is 7.43. The molecule has 0 amide bonds. The molecule has 1 unspecified atom stereocenters. The van der Waals surface area contributed by atoms with E-state index in [1.807, 2.05) is 31.2 Å². The third kappa shape index (κ3) is 4.45. The van der Waals surface area contributed by atoms with Gasteiger partial charge < -0.3 is 15.7 Å². The molecule has 1 aromatic rings. The quantitative estimate of drug-likeness (QED) is 0.676. The summed E-state index contributed by atoms with van der Waals surface area (Å²) in [6.45, 7) is 1.97. The van der Waals surface area contributed by atoms with Gasteiger partial charge in [-0.1, -0.05) is 29.8 Å². The standard InChI is InChI=1S/C11H18NO3P/c1-9-2-4-10(5-3-9)7-16(14,15)8-11(13)6-12/h2-5,11,13H,6-8,12H2,1H3,(H,14,15)/t11-/m0/s1. The van der Waals surface area contributed by atoms with Crippen molar-refractivity contribution < 1.29 is 14.6 Å². The number of rotatable bonds is 5. The van der Waals surface area contributed by atoms with E-state index in [0.29, 0.717) is 0 Å². The Morgan fingerprint density at radius 2 is 1.94 bits per heavy atom. The molecule has 1 rings (SSSR count). The van der Waals surface area contributed by atoms with Gasteiger partial charge in [-0.15, -0.1) is 0 Å². The highest BCUT2D eigenvalue weighted by atomic mass is 31.2. The van der Waals surface area contributed by atoms with Crippen LogP contribution in [0.25, 0.3) is 0 Å². The molecule has 0 aliphatic carbocycles. The van der Waals surface area contributed by atoms with Crippen molar-refractivity contribution in [1.29, 1.82) is 0 Å². The summed E-state index contributed by atoms with van der Waals surface area (Å²) in [5, 5.41) is 9.26. The minimum atomic E-state index is -3.33. The van der Waals surface area contributed by atoms with Gasteiger partial charge in [0.05, 0.1) is 12.3 Å². The van der Waals surface area contributed by atoms with Crippen LogP contribution in [0.15, 0.2) is 24.3 Å². The second-order valence-corrected chi connectivity index (χ2v) is 6.44. The molecule has 0 radical (unpaired) electrons. The Hall–Kier alpha value is -0.670. The van der Waals surface area contributed by atoms with Crippen molar-refractivity contribution in [2.75, 3.05) is 12.7 Å². The number of hydrogen-bond donors (Lipinski definition) is 3. The van der Waals surface area contributed by atoms with Crippen molar-refractivity contribution in [3.63, 3.8) is 0 Å². The topological polar surface area (TPSA) is 83.5 Å². The van der Waals surface area contributed by atoms with Gasteiger partial charge in [0.25, 0.3) is 0 Å². The Balaban J connectivity index is 2.65. The van der Waals surface area contributed by atoms with Gasteiger partial charge in [-0.25, -0.2) is 0 Å². The Bertz CT molecular complexity index is 377. The normalized spacial score (nSPS) is 16.8. The summed E-state index contributed by atoms with van der Waals surface area (Å²) in [5.74, 6) is 0. The van der Waals surface area contributed by atoms with Gasteiger partial charge >= 0.3 is 0 Å². The van der Waals surface area contributed by atoms with E-state index >= 15 is 0 Å². The molecule has 0 aliphatic rings. The highest BCUT2D eigenvalue weighted by Crippen LogP contribution is 2.44. The van der Waals surface area contributed by atoms with E-state index in [2.05, 4.69) is 0 Å². The summed E-state index contributed by atoms with van der Waals surface area (Å²) in [6, 6.07) is 7.45. The average molecular weight is 243 g/mol. The maximum Gasteiger partial charge on any atom is 0.207 e. The maximum absolute atomic E-state index is 11.8. The number of aryl methyl sites for hydroxylation is 1. The largest absolute Gasteiger partial charge is 0.391 e. The fraction of sp³-hybridized carbons (Fsp3) is 0.455. The number of aliphatic hydroxyl groups excluding tert-OH is 1. The average Bonchev–Trinajstić information content (AvgIpc) is 2.20. The molecule has 16 heavy (non-hydrogen) atoms. The fourth-order valence-corrected chi connectivity index (χ4v) is 3.17. The Morgan fingerprint density at radius 3 is 2.44 bits per heavy atom. The number of aliphatic hydroxyl groups is 1. The lowest BCUT2D eigenvalue weighted by Gasteiger charge is -2.14. The molecule has 0 spiro atoms. The van der Waals surface area contributed by atoms with Crippen LogP contribution in [0.3, 0.4) is 0 Å². The smallest absolute Gasteiger partial charge is 0.207 e. The molecular weight excluding hydrogens is 225 g/mol. The van der Waals surface area contributed by atoms with E-state index in [-0.39, 0.29) is 18.9 Å². The predicted octanol–water partition coefficient (Wildman–Crippen LogP) is 1.09. The van der Waals surface area contributed by atoms with Gasteiger partial charge in [-0.2, -0.15) is 0 Å². The Labute approximate surface area is 95.6 Å². The zero-order valence-corrected chi connectivity index (χ0v) is 10.2. The minimum absolute atomic E-state index is 0.0123. The van der Waals surface area contributed by atoms with Crippen LogP contribution in [0.5, 0.6) is 0 Å². The highest BCUT2D eigenvalue weighted by molar-refractivity contribution is 7.57. The van der Waals surface area contributed by atoms with Crippen LogP contribution in [0, 0.1) is 6.92 Å². The first-order valence-corrected chi connectivity index (χ1v) is 7.20. The van der Waals surface area contributed by atoms with Gasteiger partial charge in [0.1, 0.15) is 0 Å². The first-order valence-electron chi connectivity index (χ1n) is 5.17. The summed E-state index contributed by atoms with van der Waals surface area (Å²) in [6.07, 6.45) is -0.955. The molecule has 0 saturated carbocycles. The van der Waals surface area contributed by atoms with Crippen molar-refractivity contribution in [3.8, 4) is 0 Å². The zero-order chi connectivity index (χ0) is 12.2. The molecule has 0 aliphatic heterocycles. The van der Waals surface area contributed by atoms with Crippen LogP contribution in [-0.2, 0) is 10.7 Å². The first kappa shape index (κ1) is 13.4. The Morgan fingerprint density at radius 1 is 1.38 bits per heavy atom. The molecule has 0 aromatic heterocycles. The third-order valence-corrected chi connectivity index (χ3v) is 4.17. The van der Waals surface area contributed by atoms with Crippen molar-refractivity contribution >= 4 is 7.37 Å². The lowest BCUT2D eigenvalue weighted by molar-refractivity contribution is 0.202. The SMILES string of the molecule is Cc1ccc(CP(=O)(O)C[C@@H](O)CN)cc1. The van der Waals surface area contributed by atoms with Gasteiger partial charge in [0.2, 0.25) is 7.37 Å². The summed E-state index contributed by atoms with van der Waals surface area (Å²) in [4.78, 5) is 9.68. The number of hydrogen-bond acceptors (Lipinski definition) is 3. The van der Waals surface area contributed by atoms with Crippen molar-refractivity contribution in [2.45, 2.75) is 19.2 Å². The second kappa shape index (κ2) is 5.60. The van der Waals surface area contributed by atoms with Crippen LogP contribution in [0.4, 0.5) is 0 Å². The van der Waals surface area contributed by atoms with E-state index in [1.165, 1.54) is 0 Å². The van der Waals surface area contributed by atoms with Crippen LogP contribution >= 0.6 is 7.37 Å². The molecule has 5 heteroatoms. The fourth-order valence-electron chi connectivity index (χ4n) is 1.45. The van der Waals surface area contributed by atoms with Gasteiger partial charge in [-0.05, 0) is 12.5 Å². The molecular formula is C11H18NO3P. The van der Waals surface area contributed by atoms with Crippen LogP contribution in [-0.4, -0.2) is 28.8 Å². The Kier molecular flexibility index (Phi) is 4.69. The van der Waals surface area contributed by atoms with Gasteiger partial charge in [0, 0.05) is 12.7 Å². The van der Waals surface area contributed by atoms with Gasteiger partial charge in [-0.3, -0.25) is 4.57 Å². The number of nitrogens with two attached hydrogens (primary N) is 1. The highest BCUT2D eigenvalue weighted by Gasteiger charge is 2.22. The van der Waals surface area contributed by atoms with Gasteiger partial charge in [0.15, 0.2) is 0 Å². The number of benzene rings is 1. The van der Waals surface area contributed by atoms with Crippen LogP contribution in [0.2, 0.25) is 0 Å². The third-order valence-electron chi connectivity index (χ3n) is 2.32. The van der Waals surface area contributed by atoms with Crippen LogP contribution < -0.4 is 5.73 Å². The predicted molar refractivity (Wildman–Crippen MR) is 64.6 cm³/mol. The second-order valence-electron chi connectivity index (χ2n) is 4.06. The van der Waals surface area contributed by atoms with Crippen molar-refractivity contribution in [2.24, 2.45) is 5.73 Å². The molecule has 90 valence electrons. The monoisotopic (exact) mass is 243 g/mol. The summed E-state index contributed by atoms with van der Waals surface area (Å²) >= 11 is 0. The van der Waals surface area contributed by atoms with E-state index in [1.54, 1.807) is 0 Å². The maximum atomic E-state index is 11.8. The summed E-state index contributed by atoms with van der Waals surface area (Å²) in [5.41, 5.74) is 7.13. The van der Waals surface area contributed by atoms with E-state index in [0.717, 1.165) is 11.1 Å².